The third kappa shape index (κ3) is 7.86. The summed E-state index contributed by atoms with van der Waals surface area (Å²) in [6.45, 7) is 9.71. The Morgan fingerprint density at radius 3 is 2.35 bits per heavy atom. The van der Waals surface area contributed by atoms with Crippen molar-refractivity contribution in [3.63, 3.8) is 0 Å². The Hall–Kier alpha value is -4.85. The van der Waals surface area contributed by atoms with Crippen molar-refractivity contribution in [3.8, 4) is 0 Å². The number of piperazine rings is 1. The third-order valence-electron chi connectivity index (χ3n) is 7.70. The number of benzene rings is 1. The Balaban J connectivity index is 0.990. The molecule has 240 valence electrons. The molecule has 0 aliphatic carbocycles. The molecule has 0 bridgehead atoms. The van der Waals surface area contributed by atoms with Gasteiger partial charge in [0.1, 0.15) is 23.9 Å². The SMILES string of the molecule is CC(C)(C)OC(=O)N1CCO[C@H](CC2N=CC(Cc3ncnc(N4CCN(c5ncc(C(=O)c6ccccc6)cn5)CC4)n3)=N2)C1. The second-order valence-corrected chi connectivity index (χ2v) is 12.4. The molecule has 3 aromatic rings. The zero-order valence-electron chi connectivity index (χ0n) is 26.3. The number of anilines is 2. The fraction of sp³-hybridized carbons (Fsp3) is 0.469. The average molecular weight is 627 g/mol. The quantitative estimate of drug-likeness (QED) is 0.339. The highest BCUT2D eigenvalue weighted by Gasteiger charge is 2.30. The van der Waals surface area contributed by atoms with Crippen LogP contribution in [0.2, 0.25) is 0 Å². The van der Waals surface area contributed by atoms with E-state index in [4.69, 9.17) is 19.5 Å². The van der Waals surface area contributed by atoms with Gasteiger partial charge in [0, 0.05) is 63.3 Å². The number of ether oxygens (including phenoxy) is 2. The molecule has 2 saturated heterocycles. The minimum atomic E-state index is -0.544. The molecule has 1 aromatic carbocycles. The van der Waals surface area contributed by atoms with Crippen LogP contribution in [-0.4, -0.2) is 117 Å². The van der Waals surface area contributed by atoms with Crippen LogP contribution in [0.3, 0.4) is 0 Å². The second-order valence-electron chi connectivity index (χ2n) is 12.4. The van der Waals surface area contributed by atoms with Crippen LogP contribution in [0.15, 0.2) is 59.0 Å². The summed E-state index contributed by atoms with van der Waals surface area (Å²) in [5.41, 5.74) is 1.32. The van der Waals surface area contributed by atoms with E-state index in [1.165, 1.54) is 6.33 Å². The number of hydrogen-bond acceptors (Lipinski definition) is 13. The molecule has 1 amide bonds. The molecule has 14 heteroatoms. The van der Waals surface area contributed by atoms with Gasteiger partial charge in [0.15, 0.2) is 5.78 Å². The fourth-order valence-electron chi connectivity index (χ4n) is 5.41. The summed E-state index contributed by atoms with van der Waals surface area (Å²) >= 11 is 0. The molecular weight excluding hydrogens is 588 g/mol. The van der Waals surface area contributed by atoms with Crippen molar-refractivity contribution in [1.82, 2.24) is 29.8 Å². The molecule has 0 N–H and O–H groups in total. The first-order chi connectivity index (χ1) is 22.2. The topological polar surface area (TPSA) is 151 Å². The van der Waals surface area contributed by atoms with Crippen molar-refractivity contribution in [2.45, 2.75) is 51.5 Å². The lowest BCUT2D eigenvalue weighted by Crippen LogP contribution is -2.48. The van der Waals surface area contributed by atoms with E-state index < -0.39 is 5.60 Å². The fourth-order valence-corrected chi connectivity index (χ4v) is 5.41. The van der Waals surface area contributed by atoms with E-state index in [9.17, 15) is 9.59 Å². The van der Waals surface area contributed by atoms with Crippen LogP contribution in [0.5, 0.6) is 0 Å². The molecule has 6 rings (SSSR count). The number of ketones is 1. The van der Waals surface area contributed by atoms with Crippen LogP contribution < -0.4 is 9.80 Å². The Bertz CT molecular complexity index is 1580. The molecule has 2 atom stereocenters. The van der Waals surface area contributed by atoms with E-state index in [1.807, 2.05) is 39.0 Å². The van der Waals surface area contributed by atoms with Gasteiger partial charge in [-0.05, 0) is 20.8 Å². The number of rotatable bonds is 8. The van der Waals surface area contributed by atoms with Crippen molar-refractivity contribution >= 4 is 35.7 Å². The molecular formula is C32H38N10O4. The third-order valence-corrected chi connectivity index (χ3v) is 7.70. The maximum Gasteiger partial charge on any atom is 0.410 e. The van der Waals surface area contributed by atoms with Crippen molar-refractivity contribution in [2.24, 2.45) is 9.98 Å². The lowest BCUT2D eigenvalue weighted by atomic mass is 10.1. The molecule has 3 aliphatic heterocycles. The number of carbonyl (C=O) groups excluding carboxylic acids is 2. The number of morpholine rings is 1. The summed E-state index contributed by atoms with van der Waals surface area (Å²) in [7, 11) is 0. The van der Waals surface area contributed by atoms with Gasteiger partial charge in [0.05, 0.1) is 37.0 Å². The minimum absolute atomic E-state index is 0.0992. The van der Waals surface area contributed by atoms with E-state index >= 15 is 0 Å². The molecule has 14 nitrogen and oxygen atoms in total. The van der Waals surface area contributed by atoms with Gasteiger partial charge in [0.2, 0.25) is 11.9 Å². The smallest absolute Gasteiger partial charge is 0.410 e. The van der Waals surface area contributed by atoms with Gasteiger partial charge in [-0.25, -0.2) is 24.7 Å². The van der Waals surface area contributed by atoms with Crippen molar-refractivity contribution in [3.05, 3.63) is 66.0 Å². The molecule has 0 radical (unpaired) electrons. The van der Waals surface area contributed by atoms with Gasteiger partial charge in [-0.2, -0.15) is 4.98 Å². The lowest BCUT2D eigenvalue weighted by Gasteiger charge is -2.34. The van der Waals surface area contributed by atoms with Crippen molar-refractivity contribution < 1.29 is 19.1 Å². The van der Waals surface area contributed by atoms with Gasteiger partial charge in [0.25, 0.3) is 0 Å². The first-order valence-electron chi connectivity index (χ1n) is 15.5. The summed E-state index contributed by atoms with van der Waals surface area (Å²) in [4.78, 5) is 62.8. The van der Waals surface area contributed by atoms with E-state index in [0.29, 0.717) is 87.6 Å². The number of aromatic nitrogens is 5. The average Bonchev–Trinajstić information content (AvgIpc) is 3.50. The molecule has 2 fully saturated rings. The first kappa shape index (κ1) is 31.1. The van der Waals surface area contributed by atoms with Crippen LogP contribution in [-0.2, 0) is 15.9 Å². The number of nitrogens with zero attached hydrogens (tertiary/aromatic N) is 10. The van der Waals surface area contributed by atoms with Gasteiger partial charge in [-0.3, -0.25) is 14.8 Å². The number of aliphatic imine (C=N–C) groups is 2. The summed E-state index contributed by atoms with van der Waals surface area (Å²) in [5, 5.41) is 0. The highest BCUT2D eigenvalue weighted by atomic mass is 16.6. The van der Waals surface area contributed by atoms with Gasteiger partial charge < -0.3 is 24.2 Å². The summed E-state index contributed by atoms with van der Waals surface area (Å²) in [6, 6.07) is 9.11. The number of amides is 1. The standard InChI is InChI=1S/C32H38N10O4/c1-32(2,3)46-31(44)42-13-14-45-25(20-42)16-27-33-19-24(38-27)15-26-36-21-37-30(39-26)41-11-9-40(10-12-41)29-34-17-23(18-35-29)28(43)22-7-5-4-6-8-22/h4-8,17-19,21,25,27H,9-16,20H2,1-3H3/t25-,27?/m1/s1. The van der Waals surface area contributed by atoms with Crippen molar-refractivity contribution in [2.75, 3.05) is 55.7 Å². The Morgan fingerprint density at radius 1 is 0.913 bits per heavy atom. The molecule has 5 heterocycles. The van der Waals surface area contributed by atoms with E-state index in [-0.39, 0.29) is 24.1 Å². The summed E-state index contributed by atoms with van der Waals surface area (Å²) < 4.78 is 11.4. The zero-order valence-corrected chi connectivity index (χ0v) is 26.3. The number of hydrogen-bond donors (Lipinski definition) is 0. The van der Waals surface area contributed by atoms with Gasteiger partial charge in [-0.1, -0.05) is 30.3 Å². The Morgan fingerprint density at radius 2 is 1.63 bits per heavy atom. The van der Waals surface area contributed by atoms with Gasteiger partial charge >= 0.3 is 6.09 Å². The van der Waals surface area contributed by atoms with E-state index in [1.54, 1.807) is 35.6 Å². The van der Waals surface area contributed by atoms with Crippen LogP contribution >= 0.6 is 0 Å². The molecule has 2 aromatic heterocycles. The molecule has 0 saturated carbocycles. The predicted molar refractivity (Wildman–Crippen MR) is 172 cm³/mol. The van der Waals surface area contributed by atoms with Crippen LogP contribution in [0, 0.1) is 0 Å². The normalized spacial score (nSPS) is 20.1. The molecule has 3 aliphatic rings. The maximum absolute atomic E-state index is 12.7. The maximum atomic E-state index is 12.7. The second kappa shape index (κ2) is 13.6. The van der Waals surface area contributed by atoms with E-state index in [0.717, 1.165) is 5.71 Å². The van der Waals surface area contributed by atoms with Crippen molar-refractivity contribution in [1.29, 1.82) is 0 Å². The highest BCUT2D eigenvalue weighted by molar-refractivity contribution is 6.32. The summed E-state index contributed by atoms with van der Waals surface area (Å²) in [6.07, 6.45) is 6.70. The van der Waals surface area contributed by atoms with Crippen LogP contribution in [0.4, 0.5) is 16.7 Å². The zero-order chi connectivity index (χ0) is 32.1. The number of carbonyl (C=O) groups is 2. The van der Waals surface area contributed by atoms with Crippen LogP contribution in [0.1, 0.15) is 48.9 Å². The molecule has 0 spiro atoms. The first-order valence-corrected chi connectivity index (χ1v) is 15.5. The largest absolute Gasteiger partial charge is 0.444 e. The molecule has 1 unspecified atom stereocenters. The van der Waals surface area contributed by atoms with Crippen LogP contribution in [0.25, 0.3) is 0 Å². The van der Waals surface area contributed by atoms with Gasteiger partial charge in [-0.15, -0.1) is 0 Å². The molecule has 46 heavy (non-hydrogen) atoms. The minimum Gasteiger partial charge on any atom is -0.444 e. The highest BCUT2D eigenvalue weighted by Crippen LogP contribution is 2.20. The monoisotopic (exact) mass is 626 g/mol. The summed E-state index contributed by atoms with van der Waals surface area (Å²) in [5.74, 6) is 1.72. The Labute approximate surface area is 267 Å². The van der Waals surface area contributed by atoms with E-state index in [2.05, 4.69) is 34.7 Å². The lowest BCUT2D eigenvalue weighted by molar-refractivity contribution is -0.0460. The predicted octanol–water partition coefficient (Wildman–Crippen LogP) is 2.64. The Kier molecular flexibility index (Phi) is 9.24.